The molecule has 1 heterocycles. The molecule has 1 saturated heterocycles. The molecular formula is C8H5BrClFO. The summed E-state index contributed by atoms with van der Waals surface area (Å²) < 4.78 is 19.0. The van der Waals surface area contributed by atoms with Gasteiger partial charge in [-0.1, -0.05) is 27.5 Å². The van der Waals surface area contributed by atoms with E-state index in [4.69, 9.17) is 16.3 Å². The van der Waals surface area contributed by atoms with E-state index in [1.54, 1.807) is 6.07 Å². The first-order valence-corrected chi connectivity index (χ1v) is 4.62. The maximum atomic E-state index is 13.3. The number of hydrogen-bond donors (Lipinski definition) is 0. The molecule has 1 nitrogen and oxygen atoms in total. The van der Waals surface area contributed by atoms with Crippen molar-refractivity contribution in [3.05, 3.63) is 33.0 Å². The fourth-order valence-corrected chi connectivity index (χ4v) is 1.78. The highest BCUT2D eigenvalue weighted by Crippen LogP contribution is 2.38. The van der Waals surface area contributed by atoms with E-state index in [0.717, 1.165) is 0 Å². The van der Waals surface area contributed by atoms with Crippen LogP contribution in [-0.4, -0.2) is 6.61 Å². The summed E-state index contributed by atoms with van der Waals surface area (Å²) in [5.74, 6) is -0.381. The van der Waals surface area contributed by atoms with Crippen LogP contribution in [0.2, 0.25) is 5.02 Å². The molecule has 1 aromatic carbocycles. The second-order valence-corrected chi connectivity index (χ2v) is 3.84. The van der Waals surface area contributed by atoms with Gasteiger partial charge in [0.2, 0.25) is 0 Å². The van der Waals surface area contributed by atoms with Gasteiger partial charge < -0.3 is 4.74 Å². The van der Waals surface area contributed by atoms with Crippen LogP contribution in [0.3, 0.4) is 0 Å². The van der Waals surface area contributed by atoms with Gasteiger partial charge in [0.05, 0.1) is 11.6 Å². The largest absolute Gasteiger partial charge is 0.368 e. The summed E-state index contributed by atoms with van der Waals surface area (Å²) in [6.45, 7) is 0.579. The molecule has 0 aliphatic carbocycles. The van der Waals surface area contributed by atoms with Gasteiger partial charge in [0.1, 0.15) is 11.9 Å². The third kappa shape index (κ3) is 1.37. The van der Waals surface area contributed by atoms with Gasteiger partial charge in [-0.05, 0) is 12.1 Å². The predicted octanol–water partition coefficient (Wildman–Crippen LogP) is 3.31. The van der Waals surface area contributed by atoms with E-state index in [2.05, 4.69) is 15.9 Å². The van der Waals surface area contributed by atoms with Gasteiger partial charge in [0, 0.05) is 10.0 Å². The van der Waals surface area contributed by atoms with Crippen LogP contribution >= 0.6 is 27.5 Å². The highest BCUT2D eigenvalue weighted by molar-refractivity contribution is 9.10. The highest BCUT2D eigenvalue weighted by Gasteiger charge is 2.30. The molecule has 1 aromatic rings. The van der Waals surface area contributed by atoms with E-state index in [0.29, 0.717) is 16.6 Å². The van der Waals surface area contributed by atoms with Crippen molar-refractivity contribution in [3.63, 3.8) is 0 Å². The van der Waals surface area contributed by atoms with Crippen LogP contribution in [0.5, 0.6) is 0 Å². The molecular weight excluding hydrogens is 246 g/mol. The van der Waals surface area contributed by atoms with Crippen molar-refractivity contribution in [2.45, 2.75) is 6.10 Å². The lowest BCUT2D eigenvalue weighted by Gasteiger charge is -2.03. The van der Waals surface area contributed by atoms with Crippen molar-refractivity contribution in [2.75, 3.05) is 6.61 Å². The fourth-order valence-electron chi connectivity index (χ4n) is 1.05. The number of benzene rings is 1. The van der Waals surface area contributed by atoms with Crippen LogP contribution in [-0.2, 0) is 4.74 Å². The molecule has 0 aromatic heterocycles. The first kappa shape index (κ1) is 8.48. The molecule has 2 rings (SSSR count). The second-order valence-electron chi connectivity index (χ2n) is 2.58. The Labute approximate surface area is 82.6 Å². The Morgan fingerprint density at radius 3 is 2.83 bits per heavy atom. The molecule has 4 heteroatoms. The number of hydrogen-bond acceptors (Lipinski definition) is 1. The van der Waals surface area contributed by atoms with Crippen molar-refractivity contribution >= 4 is 27.5 Å². The van der Waals surface area contributed by atoms with Crippen molar-refractivity contribution < 1.29 is 9.13 Å². The number of epoxide rings is 1. The molecule has 0 unspecified atom stereocenters. The van der Waals surface area contributed by atoms with E-state index in [-0.39, 0.29) is 16.9 Å². The Morgan fingerprint density at radius 2 is 2.25 bits per heavy atom. The maximum absolute atomic E-state index is 13.3. The SMILES string of the molecule is Fc1c(Cl)ccc(Br)c1[C@H]1CO1. The molecule has 0 radical (unpaired) electrons. The third-order valence-corrected chi connectivity index (χ3v) is 2.72. The standard InChI is InChI=1S/C8H5BrClFO/c9-4-1-2-5(10)8(11)7(4)6-3-12-6/h1-2,6H,3H2/t6-/m1/s1. The van der Waals surface area contributed by atoms with Gasteiger partial charge in [0.15, 0.2) is 0 Å². The van der Waals surface area contributed by atoms with Crippen LogP contribution in [0.4, 0.5) is 4.39 Å². The topological polar surface area (TPSA) is 12.5 Å². The highest BCUT2D eigenvalue weighted by atomic mass is 79.9. The summed E-state index contributed by atoms with van der Waals surface area (Å²) in [5, 5.41) is 0.142. The van der Waals surface area contributed by atoms with Crippen LogP contribution in [0.1, 0.15) is 11.7 Å². The molecule has 1 atom stereocenters. The molecule has 0 amide bonds. The zero-order chi connectivity index (χ0) is 8.72. The number of halogens is 3. The predicted molar refractivity (Wildman–Crippen MR) is 47.8 cm³/mol. The zero-order valence-electron chi connectivity index (χ0n) is 5.98. The van der Waals surface area contributed by atoms with Crippen LogP contribution in [0.25, 0.3) is 0 Å². The van der Waals surface area contributed by atoms with Crippen LogP contribution < -0.4 is 0 Å². The number of ether oxygens (including phenoxy) is 1. The van der Waals surface area contributed by atoms with Crippen molar-refractivity contribution in [1.29, 1.82) is 0 Å². The van der Waals surface area contributed by atoms with Gasteiger partial charge in [0.25, 0.3) is 0 Å². The molecule has 1 fully saturated rings. The van der Waals surface area contributed by atoms with Gasteiger partial charge in [-0.2, -0.15) is 0 Å². The second kappa shape index (κ2) is 2.98. The van der Waals surface area contributed by atoms with Gasteiger partial charge in [-0.25, -0.2) is 4.39 Å². The molecule has 12 heavy (non-hydrogen) atoms. The minimum Gasteiger partial charge on any atom is -0.368 e. The summed E-state index contributed by atoms with van der Waals surface area (Å²) in [6.07, 6.45) is -0.113. The summed E-state index contributed by atoms with van der Waals surface area (Å²) in [5.41, 5.74) is 0.530. The molecule has 1 aliphatic rings. The summed E-state index contributed by atoms with van der Waals surface area (Å²) >= 11 is 8.85. The van der Waals surface area contributed by atoms with E-state index in [1.165, 1.54) is 6.07 Å². The molecule has 64 valence electrons. The Balaban J connectivity index is 2.55. The summed E-state index contributed by atoms with van der Waals surface area (Å²) in [4.78, 5) is 0. The Morgan fingerprint density at radius 1 is 1.58 bits per heavy atom. The number of rotatable bonds is 1. The van der Waals surface area contributed by atoms with E-state index in [1.807, 2.05) is 0 Å². The smallest absolute Gasteiger partial charge is 0.148 e. The lowest BCUT2D eigenvalue weighted by molar-refractivity contribution is 0.407. The Kier molecular flexibility index (Phi) is 2.10. The van der Waals surface area contributed by atoms with Crippen molar-refractivity contribution in [2.24, 2.45) is 0 Å². The maximum Gasteiger partial charge on any atom is 0.148 e. The summed E-state index contributed by atoms with van der Waals surface area (Å²) in [6, 6.07) is 3.25. The first-order valence-electron chi connectivity index (χ1n) is 3.45. The quantitative estimate of drug-likeness (QED) is 0.551. The molecule has 0 spiro atoms. The lowest BCUT2D eigenvalue weighted by Crippen LogP contribution is -1.90. The van der Waals surface area contributed by atoms with E-state index < -0.39 is 0 Å². The van der Waals surface area contributed by atoms with Crippen molar-refractivity contribution in [1.82, 2.24) is 0 Å². The third-order valence-electron chi connectivity index (χ3n) is 1.73. The Bertz CT molecular complexity index is 325. The van der Waals surface area contributed by atoms with Crippen molar-refractivity contribution in [3.8, 4) is 0 Å². The van der Waals surface area contributed by atoms with E-state index in [9.17, 15) is 4.39 Å². The molecule has 0 saturated carbocycles. The molecule has 1 aliphatic heterocycles. The van der Waals surface area contributed by atoms with Gasteiger partial charge in [-0.15, -0.1) is 0 Å². The minimum atomic E-state index is -0.381. The fraction of sp³-hybridized carbons (Fsp3) is 0.250. The van der Waals surface area contributed by atoms with Gasteiger partial charge in [-0.3, -0.25) is 0 Å². The monoisotopic (exact) mass is 250 g/mol. The Hall–Kier alpha value is -0.120. The molecule has 0 bridgehead atoms. The van der Waals surface area contributed by atoms with Crippen LogP contribution in [0, 0.1) is 5.82 Å². The average molecular weight is 251 g/mol. The molecule has 0 N–H and O–H groups in total. The lowest BCUT2D eigenvalue weighted by atomic mass is 10.1. The van der Waals surface area contributed by atoms with Gasteiger partial charge >= 0.3 is 0 Å². The van der Waals surface area contributed by atoms with E-state index >= 15 is 0 Å². The van der Waals surface area contributed by atoms with Crippen LogP contribution in [0.15, 0.2) is 16.6 Å². The summed E-state index contributed by atoms with van der Waals surface area (Å²) in [7, 11) is 0. The normalized spacial score (nSPS) is 21.1. The minimum absolute atomic E-state index is 0.113. The average Bonchev–Trinajstić information content (AvgIpc) is 2.81. The zero-order valence-corrected chi connectivity index (χ0v) is 8.32. The first-order chi connectivity index (χ1) is 5.70.